The molecule has 0 saturated heterocycles. The van der Waals surface area contributed by atoms with Crippen molar-refractivity contribution in [2.75, 3.05) is 19.1 Å². The Morgan fingerprint density at radius 3 is 2.84 bits per heavy atom. The summed E-state index contributed by atoms with van der Waals surface area (Å²) in [6.07, 6.45) is 1.10. The van der Waals surface area contributed by atoms with E-state index in [4.69, 9.17) is 15.2 Å². The van der Waals surface area contributed by atoms with Gasteiger partial charge < -0.3 is 15.2 Å². The number of carbonyl (C=O) groups is 1. The van der Waals surface area contributed by atoms with Gasteiger partial charge in [-0.3, -0.25) is 4.90 Å². The van der Waals surface area contributed by atoms with E-state index in [1.165, 1.54) is 7.11 Å². The summed E-state index contributed by atoms with van der Waals surface area (Å²) < 4.78 is 9.96. The summed E-state index contributed by atoms with van der Waals surface area (Å²) in [5.74, 6) is 0.494. The lowest BCUT2D eigenvalue weighted by molar-refractivity contribution is 0.173. The van der Waals surface area contributed by atoms with E-state index in [0.29, 0.717) is 23.7 Å². The first-order chi connectivity index (χ1) is 9.12. The van der Waals surface area contributed by atoms with E-state index in [0.717, 1.165) is 6.42 Å². The topological polar surface area (TPSA) is 77.7 Å². The molecular formula is C13H19N3O3. The van der Waals surface area contributed by atoms with E-state index in [9.17, 15) is 4.79 Å². The van der Waals surface area contributed by atoms with Crippen molar-refractivity contribution in [1.82, 2.24) is 4.98 Å². The Labute approximate surface area is 112 Å². The van der Waals surface area contributed by atoms with Crippen molar-refractivity contribution in [2.24, 2.45) is 5.73 Å². The van der Waals surface area contributed by atoms with Crippen LogP contribution in [-0.4, -0.2) is 31.3 Å². The van der Waals surface area contributed by atoms with Crippen molar-refractivity contribution in [1.29, 1.82) is 0 Å². The van der Waals surface area contributed by atoms with Gasteiger partial charge in [0.25, 0.3) is 0 Å². The molecule has 1 aliphatic heterocycles. The average molecular weight is 265 g/mol. The van der Waals surface area contributed by atoms with Crippen molar-refractivity contribution in [3.05, 3.63) is 17.8 Å². The quantitative estimate of drug-likeness (QED) is 0.882. The van der Waals surface area contributed by atoms with Gasteiger partial charge in [-0.15, -0.1) is 0 Å². The average Bonchev–Trinajstić information content (AvgIpc) is 2.45. The normalized spacial score (nSPS) is 21.8. The number of rotatable bonds is 2. The number of carbonyl (C=O) groups excluding carboxylic acids is 1. The number of ether oxygens (including phenoxy) is 2. The van der Waals surface area contributed by atoms with Crippen molar-refractivity contribution in [3.8, 4) is 5.88 Å². The van der Waals surface area contributed by atoms with Crippen molar-refractivity contribution >= 4 is 11.8 Å². The second-order valence-electron chi connectivity index (χ2n) is 4.50. The van der Waals surface area contributed by atoms with Crippen LogP contribution in [0.4, 0.5) is 10.5 Å². The van der Waals surface area contributed by atoms with Gasteiger partial charge in [-0.1, -0.05) is 6.92 Å². The summed E-state index contributed by atoms with van der Waals surface area (Å²) in [4.78, 5) is 17.9. The van der Waals surface area contributed by atoms with Crippen LogP contribution in [0.1, 0.15) is 31.5 Å². The largest absolute Gasteiger partial charge is 0.481 e. The Kier molecular flexibility index (Phi) is 3.90. The van der Waals surface area contributed by atoms with Crippen LogP contribution in [0.5, 0.6) is 5.88 Å². The monoisotopic (exact) mass is 265 g/mol. The first kappa shape index (κ1) is 13.6. The Hall–Kier alpha value is -1.82. The van der Waals surface area contributed by atoms with Crippen molar-refractivity contribution in [2.45, 2.75) is 31.8 Å². The van der Waals surface area contributed by atoms with Crippen molar-refractivity contribution in [3.63, 3.8) is 0 Å². The van der Waals surface area contributed by atoms with Gasteiger partial charge in [-0.25, -0.2) is 9.78 Å². The summed E-state index contributed by atoms with van der Waals surface area (Å²) in [7, 11) is 2.93. The van der Waals surface area contributed by atoms with Crippen LogP contribution in [0, 0.1) is 0 Å². The number of anilines is 1. The molecule has 2 rings (SSSR count). The molecule has 0 saturated carbocycles. The van der Waals surface area contributed by atoms with Gasteiger partial charge in [0, 0.05) is 12.1 Å². The molecule has 2 atom stereocenters. The molecule has 1 aromatic heterocycles. The molecule has 104 valence electrons. The first-order valence-electron chi connectivity index (χ1n) is 6.30. The number of methoxy groups -OCH3 is 2. The predicted octanol–water partition coefficient (Wildman–Crippen LogP) is 1.85. The zero-order valence-corrected chi connectivity index (χ0v) is 11.4. The fourth-order valence-corrected chi connectivity index (χ4v) is 2.44. The third-order valence-electron chi connectivity index (χ3n) is 3.43. The van der Waals surface area contributed by atoms with E-state index in [2.05, 4.69) is 4.98 Å². The van der Waals surface area contributed by atoms with Gasteiger partial charge in [0.2, 0.25) is 5.88 Å². The third kappa shape index (κ3) is 2.35. The maximum atomic E-state index is 12.0. The molecule has 0 fully saturated rings. The number of hydrogen-bond donors (Lipinski definition) is 1. The molecule has 0 radical (unpaired) electrons. The zero-order valence-electron chi connectivity index (χ0n) is 11.4. The molecular weight excluding hydrogens is 246 g/mol. The smallest absolute Gasteiger partial charge is 0.414 e. The van der Waals surface area contributed by atoms with Gasteiger partial charge in [-0.05, 0) is 18.9 Å². The van der Waals surface area contributed by atoms with Gasteiger partial charge >= 0.3 is 6.09 Å². The molecule has 1 amide bonds. The van der Waals surface area contributed by atoms with E-state index in [1.54, 1.807) is 24.1 Å². The fourth-order valence-electron chi connectivity index (χ4n) is 2.44. The SMILES string of the molecule is CC[C@@H]1C[C@H](N)c2nc(OC)ccc2N1C(=O)OC. The number of hydrogen-bond acceptors (Lipinski definition) is 5. The highest BCUT2D eigenvalue weighted by Gasteiger charge is 2.35. The molecule has 0 aliphatic carbocycles. The molecule has 0 bridgehead atoms. The second-order valence-corrected chi connectivity index (χ2v) is 4.50. The standard InChI is InChI=1S/C13H19N3O3/c1-4-8-7-9(14)12-10(16(8)13(17)19-3)5-6-11(15-12)18-2/h5-6,8-9H,4,7,14H2,1-3H3/t8-,9+/m1/s1. The number of pyridine rings is 1. The van der Waals surface area contributed by atoms with Gasteiger partial charge in [0.15, 0.2) is 0 Å². The van der Waals surface area contributed by atoms with Crippen LogP contribution in [0.25, 0.3) is 0 Å². The molecule has 1 aliphatic rings. The van der Waals surface area contributed by atoms with E-state index < -0.39 is 0 Å². The molecule has 6 nitrogen and oxygen atoms in total. The molecule has 0 aromatic carbocycles. The minimum Gasteiger partial charge on any atom is -0.481 e. The van der Waals surface area contributed by atoms with E-state index in [1.807, 2.05) is 6.92 Å². The Morgan fingerprint density at radius 2 is 2.26 bits per heavy atom. The number of fused-ring (bicyclic) bond motifs is 1. The van der Waals surface area contributed by atoms with Gasteiger partial charge in [0.1, 0.15) is 0 Å². The minimum atomic E-state index is -0.382. The molecule has 2 N–H and O–H groups in total. The Bertz CT molecular complexity index is 478. The van der Waals surface area contributed by atoms with E-state index >= 15 is 0 Å². The van der Waals surface area contributed by atoms with Gasteiger partial charge in [-0.2, -0.15) is 0 Å². The van der Waals surface area contributed by atoms with Gasteiger partial charge in [0.05, 0.1) is 31.6 Å². The molecule has 2 heterocycles. The summed E-state index contributed by atoms with van der Waals surface area (Å²) in [6, 6.07) is 3.36. The molecule has 6 heteroatoms. The molecule has 0 spiro atoms. The zero-order chi connectivity index (χ0) is 14.0. The molecule has 19 heavy (non-hydrogen) atoms. The second kappa shape index (κ2) is 5.44. The lowest BCUT2D eigenvalue weighted by atomic mass is 9.94. The number of nitrogens with zero attached hydrogens (tertiary/aromatic N) is 2. The minimum absolute atomic E-state index is 0.0325. The maximum absolute atomic E-state index is 12.0. The fraction of sp³-hybridized carbons (Fsp3) is 0.538. The highest BCUT2D eigenvalue weighted by Crippen LogP contribution is 2.37. The maximum Gasteiger partial charge on any atom is 0.414 e. The highest BCUT2D eigenvalue weighted by molar-refractivity contribution is 5.89. The van der Waals surface area contributed by atoms with Crippen LogP contribution in [0.2, 0.25) is 0 Å². The summed E-state index contributed by atoms with van der Waals surface area (Å²) in [6.45, 7) is 2.02. The van der Waals surface area contributed by atoms with Crippen LogP contribution in [0.15, 0.2) is 12.1 Å². The molecule has 0 unspecified atom stereocenters. The predicted molar refractivity (Wildman–Crippen MR) is 71.3 cm³/mol. The lowest BCUT2D eigenvalue weighted by Crippen LogP contribution is -2.46. The molecule has 1 aromatic rings. The van der Waals surface area contributed by atoms with Crippen LogP contribution < -0.4 is 15.4 Å². The summed E-state index contributed by atoms with van der Waals surface area (Å²) in [5, 5.41) is 0. The van der Waals surface area contributed by atoms with E-state index in [-0.39, 0.29) is 18.2 Å². The number of aromatic nitrogens is 1. The number of nitrogens with two attached hydrogens (primary N) is 1. The number of amides is 1. The lowest BCUT2D eigenvalue weighted by Gasteiger charge is -2.37. The first-order valence-corrected chi connectivity index (χ1v) is 6.30. The summed E-state index contributed by atoms with van der Waals surface area (Å²) in [5.41, 5.74) is 7.53. The Balaban J connectivity index is 2.49. The Morgan fingerprint density at radius 1 is 1.53 bits per heavy atom. The van der Waals surface area contributed by atoms with Crippen LogP contribution in [0.3, 0.4) is 0 Å². The van der Waals surface area contributed by atoms with Crippen LogP contribution in [-0.2, 0) is 4.74 Å². The third-order valence-corrected chi connectivity index (χ3v) is 3.43. The van der Waals surface area contributed by atoms with Crippen molar-refractivity contribution < 1.29 is 14.3 Å². The highest BCUT2D eigenvalue weighted by atomic mass is 16.5. The summed E-state index contributed by atoms with van der Waals surface area (Å²) >= 11 is 0. The van der Waals surface area contributed by atoms with Crippen LogP contribution >= 0.6 is 0 Å².